The molecule has 9 nitrogen and oxygen atoms in total. The minimum atomic E-state index is -0.948. The number of nitrogens with zero attached hydrogens (tertiary/aromatic N) is 2. The fourth-order valence-electron chi connectivity index (χ4n) is 5.21. The van der Waals surface area contributed by atoms with Crippen molar-refractivity contribution in [1.82, 2.24) is 0 Å². The quantitative estimate of drug-likeness (QED) is 0.188. The Labute approximate surface area is 234 Å². The molecule has 1 unspecified atom stereocenters. The molecule has 9 N–H and O–H groups in total. The SMILES string of the molecule is Cl.NC(N)=Nc1ccc([C@@H]2CCC(CCOc3ccc(C(=O)O)cc3)C[C@H]2c2ccc(N=C(N)N)cc2)cc1. The highest BCUT2D eigenvalue weighted by Crippen LogP contribution is 2.47. The van der Waals surface area contributed by atoms with Crippen LogP contribution in [0.4, 0.5) is 11.4 Å². The monoisotopic (exact) mass is 550 g/mol. The van der Waals surface area contributed by atoms with Gasteiger partial charge in [-0.05, 0) is 103 Å². The maximum Gasteiger partial charge on any atom is 0.335 e. The van der Waals surface area contributed by atoms with Crippen LogP contribution in [0, 0.1) is 5.92 Å². The number of halogens is 1. The second-order valence-corrected chi connectivity index (χ2v) is 9.62. The molecule has 0 aromatic heterocycles. The first-order valence-corrected chi connectivity index (χ1v) is 12.6. The van der Waals surface area contributed by atoms with Gasteiger partial charge in [0, 0.05) is 0 Å². The number of hydrogen-bond donors (Lipinski definition) is 5. The summed E-state index contributed by atoms with van der Waals surface area (Å²) < 4.78 is 5.93. The summed E-state index contributed by atoms with van der Waals surface area (Å²) in [6, 6.07) is 22.7. The van der Waals surface area contributed by atoms with E-state index >= 15 is 0 Å². The lowest BCUT2D eigenvalue weighted by molar-refractivity contribution is 0.0697. The first-order chi connectivity index (χ1) is 18.3. The number of hydrogen-bond acceptors (Lipinski definition) is 4. The van der Waals surface area contributed by atoms with Crippen LogP contribution in [0.2, 0.25) is 0 Å². The van der Waals surface area contributed by atoms with Gasteiger partial charge in [0.2, 0.25) is 0 Å². The van der Waals surface area contributed by atoms with Gasteiger partial charge in [0.1, 0.15) is 5.75 Å². The first kappa shape index (κ1) is 29.3. The molecule has 3 aromatic rings. The number of aliphatic imine (C=N–C) groups is 2. The van der Waals surface area contributed by atoms with Gasteiger partial charge in [0.15, 0.2) is 11.9 Å². The maximum absolute atomic E-state index is 11.1. The van der Waals surface area contributed by atoms with Crippen molar-refractivity contribution in [1.29, 1.82) is 0 Å². The maximum atomic E-state index is 11.1. The van der Waals surface area contributed by atoms with E-state index in [2.05, 4.69) is 34.3 Å². The number of ether oxygens (including phenoxy) is 1. The molecule has 39 heavy (non-hydrogen) atoms. The summed E-state index contributed by atoms with van der Waals surface area (Å²) in [7, 11) is 0. The standard InChI is InChI=1S/C29H34N6O3.ClH/c30-28(31)34-22-8-2-19(3-9-22)25-14-1-18(15-16-38-24-12-6-21(7-13-24)27(36)37)17-26(25)20-4-10-23(11-5-20)35-29(32)33;/h2-13,18,25-26H,1,14-17H2,(H,36,37)(H4,30,31,34)(H4,32,33,35);1H/t18?,25-,26-;/m0./s1. The van der Waals surface area contributed by atoms with Crippen molar-refractivity contribution in [3.63, 3.8) is 0 Å². The van der Waals surface area contributed by atoms with E-state index in [1.807, 2.05) is 24.3 Å². The van der Waals surface area contributed by atoms with E-state index in [0.717, 1.165) is 37.1 Å². The van der Waals surface area contributed by atoms with Gasteiger partial charge in [-0.3, -0.25) is 0 Å². The van der Waals surface area contributed by atoms with Crippen molar-refractivity contribution >= 4 is 41.7 Å². The van der Waals surface area contributed by atoms with Crippen LogP contribution in [0.15, 0.2) is 82.8 Å². The summed E-state index contributed by atoms with van der Waals surface area (Å²) in [6.07, 6.45) is 4.06. The predicted octanol–water partition coefficient (Wildman–Crippen LogP) is 4.75. The largest absolute Gasteiger partial charge is 0.494 e. The Morgan fingerprint density at radius 1 is 0.769 bits per heavy atom. The molecule has 0 saturated heterocycles. The van der Waals surface area contributed by atoms with Crippen LogP contribution in [0.1, 0.15) is 59.0 Å². The topological polar surface area (TPSA) is 175 Å². The zero-order valence-electron chi connectivity index (χ0n) is 21.6. The third kappa shape index (κ3) is 8.12. The average Bonchev–Trinajstić information content (AvgIpc) is 2.89. The number of carboxylic acids is 1. The van der Waals surface area contributed by atoms with Crippen molar-refractivity contribution in [2.75, 3.05) is 6.61 Å². The van der Waals surface area contributed by atoms with E-state index in [9.17, 15) is 4.79 Å². The Morgan fingerprint density at radius 2 is 1.28 bits per heavy atom. The van der Waals surface area contributed by atoms with Crippen molar-refractivity contribution in [2.24, 2.45) is 38.8 Å². The molecule has 206 valence electrons. The predicted molar refractivity (Wildman–Crippen MR) is 157 cm³/mol. The Hall–Kier alpha value is -4.24. The van der Waals surface area contributed by atoms with E-state index < -0.39 is 5.97 Å². The summed E-state index contributed by atoms with van der Waals surface area (Å²) >= 11 is 0. The lowest BCUT2D eigenvalue weighted by atomic mass is 9.68. The number of benzene rings is 3. The second-order valence-electron chi connectivity index (χ2n) is 9.62. The lowest BCUT2D eigenvalue weighted by Gasteiger charge is -2.37. The molecule has 1 aliphatic carbocycles. The zero-order valence-corrected chi connectivity index (χ0v) is 22.4. The Kier molecular flexibility index (Phi) is 10.2. The van der Waals surface area contributed by atoms with Crippen LogP contribution < -0.4 is 27.7 Å². The molecule has 0 aliphatic heterocycles. The van der Waals surface area contributed by atoms with Crippen molar-refractivity contribution in [3.05, 3.63) is 89.5 Å². The molecule has 0 bridgehead atoms. The molecule has 10 heteroatoms. The highest BCUT2D eigenvalue weighted by molar-refractivity contribution is 5.87. The highest BCUT2D eigenvalue weighted by atomic mass is 35.5. The average molecular weight is 551 g/mol. The van der Waals surface area contributed by atoms with Gasteiger partial charge < -0.3 is 32.8 Å². The Balaban J connectivity index is 0.00000420. The van der Waals surface area contributed by atoms with Gasteiger partial charge in [-0.2, -0.15) is 0 Å². The van der Waals surface area contributed by atoms with Crippen LogP contribution >= 0.6 is 12.4 Å². The molecule has 1 saturated carbocycles. The molecular weight excluding hydrogens is 516 g/mol. The zero-order chi connectivity index (χ0) is 27.1. The van der Waals surface area contributed by atoms with Crippen molar-refractivity contribution in [2.45, 2.75) is 37.5 Å². The first-order valence-electron chi connectivity index (χ1n) is 12.6. The third-order valence-electron chi connectivity index (χ3n) is 7.01. The molecule has 0 radical (unpaired) electrons. The molecule has 1 aliphatic rings. The van der Waals surface area contributed by atoms with E-state index in [0.29, 0.717) is 30.1 Å². The normalized spacial score (nSPS) is 18.3. The molecule has 4 rings (SSSR count). The number of nitrogens with two attached hydrogens (primary N) is 4. The van der Waals surface area contributed by atoms with Crippen LogP contribution in [-0.2, 0) is 0 Å². The van der Waals surface area contributed by atoms with Gasteiger partial charge in [-0.15, -0.1) is 12.4 Å². The summed E-state index contributed by atoms with van der Waals surface area (Å²) in [5.74, 6) is 0.952. The molecule has 1 fully saturated rings. The summed E-state index contributed by atoms with van der Waals surface area (Å²) in [4.78, 5) is 19.3. The number of carbonyl (C=O) groups is 1. The highest BCUT2D eigenvalue weighted by Gasteiger charge is 2.32. The lowest BCUT2D eigenvalue weighted by Crippen LogP contribution is -2.23. The van der Waals surface area contributed by atoms with Crippen LogP contribution in [0.3, 0.4) is 0 Å². The van der Waals surface area contributed by atoms with Gasteiger partial charge in [-0.1, -0.05) is 24.3 Å². The minimum absolute atomic E-state index is 0. The van der Waals surface area contributed by atoms with Gasteiger partial charge in [-0.25, -0.2) is 14.8 Å². The second kappa shape index (κ2) is 13.5. The molecular formula is C29H35ClN6O3. The van der Waals surface area contributed by atoms with E-state index in [1.165, 1.54) is 11.1 Å². The van der Waals surface area contributed by atoms with Crippen molar-refractivity contribution in [3.8, 4) is 5.75 Å². The minimum Gasteiger partial charge on any atom is -0.494 e. The van der Waals surface area contributed by atoms with Crippen LogP contribution in [0.5, 0.6) is 5.75 Å². The van der Waals surface area contributed by atoms with E-state index in [-0.39, 0.29) is 29.9 Å². The van der Waals surface area contributed by atoms with Gasteiger partial charge in [0.05, 0.1) is 23.5 Å². The van der Waals surface area contributed by atoms with Crippen molar-refractivity contribution < 1.29 is 14.6 Å². The fraction of sp³-hybridized carbons (Fsp3) is 0.276. The Bertz CT molecular complexity index is 1290. The fourth-order valence-corrected chi connectivity index (χ4v) is 5.21. The van der Waals surface area contributed by atoms with E-state index in [1.54, 1.807) is 24.3 Å². The summed E-state index contributed by atoms with van der Waals surface area (Å²) in [5.41, 5.74) is 26.3. The molecule has 0 spiro atoms. The van der Waals surface area contributed by atoms with Crippen LogP contribution in [0.25, 0.3) is 0 Å². The number of aromatic carboxylic acids is 1. The van der Waals surface area contributed by atoms with Crippen LogP contribution in [-0.4, -0.2) is 29.6 Å². The van der Waals surface area contributed by atoms with Gasteiger partial charge >= 0.3 is 5.97 Å². The summed E-state index contributed by atoms with van der Waals surface area (Å²) in [6.45, 7) is 0.575. The number of guanidine groups is 2. The Morgan fingerprint density at radius 3 is 1.77 bits per heavy atom. The molecule has 0 amide bonds. The smallest absolute Gasteiger partial charge is 0.335 e. The van der Waals surface area contributed by atoms with Gasteiger partial charge in [0.25, 0.3) is 0 Å². The van der Waals surface area contributed by atoms with E-state index in [4.69, 9.17) is 32.8 Å². The molecule has 3 aromatic carbocycles. The third-order valence-corrected chi connectivity index (χ3v) is 7.01. The molecule has 0 heterocycles. The number of rotatable bonds is 9. The number of carboxylic acid groups (broad SMARTS) is 1. The summed E-state index contributed by atoms with van der Waals surface area (Å²) in [5, 5.41) is 9.07. The molecule has 3 atom stereocenters.